The molecule has 63 heavy (non-hydrogen) atoms. The van der Waals surface area contributed by atoms with Crippen LogP contribution in [0.4, 0.5) is 0 Å². The molecule has 5 unspecified atom stereocenters. The van der Waals surface area contributed by atoms with Crippen LogP contribution in [0.1, 0.15) is 95.7 Å². The van der Waals surface area contributed by atoms with Gasteiger partial charge >= 0.3 is 0 Å². The Kier molecular flexibility index (Phi) is 13.9. The van der Waals surface area contributed by atoms with Crippen LogP contribution in [-0.4, -0.2) is 128 Å². The molecule has 7 atom stereocenters. The van der Waals surface area contributed by atoms with E-state index in [0.29, 0.717) is 38.5 Å². The number of hydrogen-bond acceptors (Lipinski definition) is 16. The number of aromatic hydroxyl groups is 3. The normalized spacial score (nSPS) is 25.1. The second-order valence-electron chi connectivity index (χ2n) is 18.4. The molecule has 0 saturated heterocycles. The van der Waals surface area contributed by atoms with Gasteiger partial charge in [0.1, 0.15) is 11.4 Å². The van der Waals surface area contributed by atoms with Crippen LogP contribution in [-0.2, 0) is 19.6 Å². The third kappa shape index (κ3) is 9.66. The minimum absolute atomic E-state index is 0.0137. The molecule has 0 aromatic carbocycles. The number of nitrogens with two attached hydrogens (primary N) is 1. The summed E-state index contributed by atoms with van der Waals surface area (Å²) in [6.45, 7) is -2.69. The summed E-state index contributed by atoms with van der Waals surface area (Å²) in [4.78, 5) is 79.7. The van der Waals surface area contributed by atoms with Gasteiger partial charge < -0.3 is 70.7 Å². The van der Waals surface area contributed by atoms with Crippen LogP contribution >= 0.6 is 0 Å². The SMILES string of the molecule is NCC12CC3(CNC(=O)c4c(O)c(=O)ccn4CC(O)CO)C[C@](CCC(=O)c4c(O)c(=O)ccn4CC(O)CO)(C1)C[C@](CCC(=O)c1c(O)c(=O)ccn1CC(O)CO)(C2)C3. The number of hydrogen-bond donors (Lipinski definition) is 11. The molecule has 4 fully saturated rings. The first kappa shape index (κ1) is 47.3. The monoisotopic (exact) mass is 883 g/mol. The Labute approximate surface area is 360 Å². The number of aromatic nitrogens is 3. The number of carbonyl (C=O) groups excluding carboxylic acids is 3. The van der Waals surface area contributed by atoms with Crippen molar-refractivity contribution >= 4 is 17.5 Å². The summed E-state index contributed by atoms with van der Waals surface area (Å²) in [5.41, 5.74) is 0.347. The fraction of sp³-hybridized carbons (Fsp3) is 0.581. The Balaban J connectivity index is 1.36. The van der Waals surface area contributed by atoms with Gasteiger partial charge in [0.15, 0.2) is 34.5 Å². The van der Waals surface area contributed by atoms with Gasteiger partial charge in [-0.3, -0.25) is 28.8 Å². The zero-order valence-corrected chi connectivity index (χ0v) is 34.8. The molecule has 0 aliphatic heterocycles. The number of aliphatic hydroxyl groups excluding tert-OH is 6. The molecule has 344 valence electrons. The van der Waals surface area contributed by atoms with E-state index in [4.69, 9.17) is 5.73 Å². The van der Waals surface area contributed by atoms with Crippen LogP contribution in [0, 0.1) is 21.7 Å². The highest BCUT2D eigenvalue weighted by molar-refractivity contribution is 5.97. The van der Waals surface area contributed by atoms with E-state index in [-0.39, 0.29) is 69.8 Å². The maximum Gasteiger partial charge on any atom is 0.271 e. The minimum Gasteiger partial charge on any atom is -0.503 e. The van der Waals surface area contributed by atoms with Crippen molar-refractivity contribution in [2.45, 2.75) is 102 Å². The summed E-state index contributed by atoms with van der Waals surface area (Å²) < 4.78 is 3.58. The number of ketones is 2. The van der Waals surface area contributed by atoms with Crippen LogP contribution in [0.3, 0.4) is 0 Å². The van der Waals surface area contributed by atoms with Gasteiger partial charge in [-0.15, -0.1) is 0 Å². The number of aliphatic hydroxyl groups is 6. The Hall–Kier alpha value is -5.22. The maximum absolute atomic E-state index is 14.1. The molecule has 4 bridgehead atoms. The van der Waals surface area contributed by atoms with Gasteiger partial charge in [0.25, 0.3) is 5.91 Å². The number of nitrogens with zero attached hydrogens (tertiary/aromatic N) is 3. The molecule has 3 aromatic heterocycles. The molecule has 0 spiro atoms. The molecule has 4 aliphatic carbocycles. The van der Waals surface area contributed by atoms with Crippen LogP contribution in [0.2, 0.25) is 0 Å². The van der Waals surface area contributed by atoms with E-state index in [1.54, 1.807) is 0 Å². The number of Topliss-reactive ketones (excluding diaryl/α,β-unsaturated/α-hetero) is 2. The smallest absolute Gasteiger partial charge is 0.271 e. The van der Waals surface area contributed by atoms with Crippen molar-refractivity contribution in [1.29, 1.82) is 0 Å². The topological polar surface area (TPSA) is 337 Å². The highest BCUT2D eigenvalue weighted by atomic mass is 16.3. The number of nitrogens with one attached hydrogen (secondary N) is 1. The number of carbonyl (C=O) groups is 3. The van der Waals surface area contributed by atoms with Gasteiger partial charge in [-0.2, -0.15) is 0 Å². The second kappa shape index (κ2) is 18.5. The number of rotatable bonds is 21. The fourth-order valence-electron chi connectivity index (χ4n) is 11.6. The zero-order chi connectivity index (χ0) is 46.1. The van der Waals surface area contributed by atoms with Crippen LogP contribution < -0.4 is 27.3 Å². The Morgan fingerprint density at radius 3 is 1.29 bits per heavy atom. The molecule has 1 amide bonds. The highest BCUT2D eigenvalue weighted by Crippen LogP contribution is 2.75. The Morgan fingerprint density at radius 2 is 0.905 bits per heavy atom. The van der Waals surface area contributed by atoms with Crippen molar-refractivity contribution in [3.63, 3.8) is 0 Å². The van der Waals surface area contributed by atoms with Crippen molar-refractivity contribution in [3.05, 3.63) is 84.5 Å². The van der Waals surface area contributed by atoms with Crippen LogP contribution in [0.25, 0.3) is 0 Å². The van der Waals surface area contributed by atoms with Crippen molar-refractivity contribution in [3.8, 4) is 17.2 Å². The summed E-state index contributed by atoms with van der Waals surface area (Å²) in [6.07, 6.45) is 2.78. The van der Waals surface area contributed by atoms with E-state index in [0.717, 1.165) is 22.8 Å². The first-order chi connectivity index (χ1) is 29.8. The average molecular weight is 884 g/mol. The number of amides is 1. The molecule has 0 radical (unpaired) electrons. The largest absolute Gasteiger partial charge is 0.503 e. The summed E-state index contributed by atoms with van der Waals surface area (Å²) in [5.74, 6) is -4.54. The average Bonchev–Trinajstić information content (AvgIpc) is 3.24. The molecule has 20 heteroatoms. The van der Waals surface area contributed by atoms with Crippen molar-refractivity contribution in [2.24, 2.45) is 27.4 Å². The van der Waals surface area contributed by atoms with Crippen molar-refractivity contribution < 1.29 is 60.3 Å². The first-order valence-electron chi connectivity index (χ1n) is 21.0. The molecule has 20 nitrogen and oxygen atoms in total. The molecular weight excluding hydrogens is 826 g/mol. The Bertz CT molecular complexity index is 2140. The van der Waals surface area contributed by atoms with Gasteiger partial charge in [0.05, 0.1) is 57.8 Å². The summed E-state index contributed by atoms with van der Waals surface area (Å²) in [6, 6.07) is 3.09. The van der Waals surface area contributed by atoms with Gasteiger partial charge in [-0.1, -0.05) is 0 Å². The summed E-state index contributed by atoms with van der Waals surface area (Å²) >= 11 is 0. The van der Waals surface area contributed by atoms with Gasteiger partial charge in [0, 0.05) is 56.2 Å². The highest BCUT2D eigenvalue weighted by Gasteiger charge is 2.67. The molecule has 12 N–H and O–H groups in total. The molecule has 3 heterocycles. The van der Waals surface area contributed by atoms with Crippen LogP contribution in [0.5, 0.6) is 17.2 Å². The van der Waals surface area contributed by atoms with E-state index < -0.39 is 116 Å². The van der Waals surface area contributed by atoms with E-state index in [2.05, 4.69) is 5.32 Å². The number of pyridine rings is 3. The van der Waals surface area contributed by atoms with Crippen molar-refractivity contribution in [2.75, 3.05) is 32.9 Å². The quantitative estimate of drug-likeness (QED) is 0.0553. The standard InChI is InChI=1S/C43H57N5O15/c44-23-42-18-40(6-1-28(55)33-36(60)30(57)3-8-46(33)11-25(52)14-49)17-41(19-42,7-2-29(56)34-37(61)31(58)4-9-47(34)12-26(53)15-50)21-43(20-40,22-42)24-45-39(63)35-38(62)32(59)5-10-48(35)13-27(54)16-51/h3-5,8-10,25-27,49-54,60-62H,1-2,6-7,11-24,44H2,(H,45,63)/t25?,26?,27?,40-,41+,42?,43?. The first-order valence-corrected chi connectivity index (χ1v) is 21.0. The van der Waals surface area contributed by atoms with Gasteiger partial charge in [-0.05, 0) is 79.6 Å². The molecular formula is C43H57N5O15. The minimum atomic E-state index is -1.32. The summed E-state index contributed by atoms with van der Waals surface area (Å²) in [7, 11) is 0. The van der Waals surface area contributed by atoms with E-state index >= 15 is 0 Å². The van der Waals surface area contributed by atoms with E-state index in [1.807, 2.05) is 0 Å². The lowest BCUT2D eigenvalue weighted by atomic mass is 9.34. The lowest BCUT2D eigenvalue weighted by Gasteiger charge is -2.71. The lowest BCUT2D eigenvalue weighted by molar-refractivity contribution is -0.200. The van der Waals surface area contributed by atoms with E-state index in [9.17, 15) is 74.7 Å². The lowest BCUT2D eigenvalue weighted by Crippen LogP contribution is -2.65. The maximum atomic E-state index is 14.1. The predicted octanol–water partition coefficient (Wildman–Crippen LogP) is -1.31. The third-order valence-electron chi connectivity index (χ3n) is 13.4. The molecule has 7 rings (SSSR count). The summed E-state index contributed by atoms with van der Waals surface area (Å²) in [5, 5.41) is 94.2. The van der Waals surface area contributed by atoms with Crippen LogP contribution in [0.15, 0.2) is 51.2 Å². The van der Waals surface area contributed by atoms with Crippen molar-refractivity contribution in [1.82, 2.24) is 19.0 Å². The fourth-order valence-corrected chi connectivity index (χ4v) is 11.6. The Morgan fingerprint density at radius 1 is 0.571 bits per heavy atom. The second-order valence-corrected chi connectivity index (χ2v) is 18.4. The molecule has 3 aromatic rings. The third-order valence-corrected chi connectivity index (χ3v) is 13.4. The van der Waals surface area contributed by atoms with Gasteiger partial charge in [0.2, 0.25) is 16.3 Å². The molecule has 4 aliphatic rings. The van der Waals surface area contributed by atoms with E-state index in [1.165, 1.54) is 27.7 Å². The molecule has 4 saturated carbocycles. The zero-order valence-electron chi connectivity index (χ0n) is 34.8. The van der Waals surface area contributed by atoms with Gasteiger partial charge in [-0.25, -0.2) is 0 Å². The predicted molar refractivity (Wildman–Crippen MR) is 222 cm³/mol.